The van der Waals surface area contributed by atoms with E-state index in [1.165, 1.54) is 218 Å². The monoisotopic (exact) mass is 625 g/mol. The van der Waals surface area contributed by atoms with Crippen molar-refractivity contribution in [2.45, 2.75) is 245 Å². The summed E-state index contributed by atoms with van der Waals surface area (Å²) in [7, 11) is -2.08. The Labute approximate surface area is 275 Å². The summed E-state index contributed by atoms with van der Waals surface area (Å²) >= 11 is 0. The maximum atomic E-state index is 6.76. The number of hydrogen-bond donors (Lipinski definition) is 0. The zero-order valence-electron chi connectivity index (χ0n) is 30.8. The van der Waals surface area contributed by atoms with Crippen LogP contribution in [0.1, 0.15) is 233 Å². The van der Waals surface area contributed by atoms with Gasteiger partial charge in [0.25, 0.3) is 0 Å². The van der Waals surface area contributed by atoms with Gasteiger partial charge >= 0.3 is 8.56 Å². The van der Waals surface area contributed by atoms with Crippen LogP contribution in [0.4, 0.5) is 0 Å². The highest BCUT2D eigenvalue weighted by Crippen LogP contribution is 2.27. The molecule has 0 unspecified atom stereocenters. The van der Waals surface area contributed by atoms with Gasteiger partial charge in [-0.15, -0.1) is 0 Å². The van der Waals surface area contributed by atoms with Gasteiger partial charge in [0.1, 0.15) is 0 Å². The van der Waals surface area contributed by atoms with Gasteiger partial charge in [-0.1, -0.05) is 220 Å². The molecular weight excluding hydrogens is 541 g/mol. The second-order valence-electron chi connectivity index (χ2n) is 14.0. The number of hydrogen-bond acceptors (Lipinski definition) is 2. The Hall–Kier alpha value is 0.137. The van der Waals surface area contributed by atoms with Crippen LogP contribution in [0.15, 0.2) is 0 Å². The highest BCUT2D eigenvalue weighted by Gasteiger charge is 2.36. The molecule has 3 heteroatoms. The predicted molar refractivity (Wildman–Crippen MR) is 198 cm³/mol. The molecule has 0 aromatic heterocycles. The fourth-order valence-electron chi connectivity index (χ4n) is 6.44. The van der Waals surface area contributed by atoms with Crippen molar-refractivity contribution >= 4 is 8.56 Å². The molecule has 0 fully saturated rings. The molecule has 0 aromatic rings. The molecule has 0 atom stereocenters. The average molecular weight is 625 g/mol. The fourth-order valence-corrected chi connectivity index (χ4v) is 9.96. The van der Waals surface area contributed by atoms with Crippen LogP contribution in [0, 0.1) is 0 Å². The lowest BCUT2D eigenvalue weighted by atomic mass is 10.0. The van der Waals surface area contributed by atoms with Crippen molar-refractivity contribution in [1.29, 1.82) is 0 Å². The van der Waals surface area contributed by atoms with E-state index in [1.54, 1.807) is 0 Å². The van der Waals surface area contributed by atoms with Crippen LogP contribution >= 0.6 is 0 Å². The molecule has 0 saturated heterocycles. The zero-order valence-corrected chi connectivity index (χ0v) is 31.8. The van der Waals surface area contributed by atoms with E-state index >= 15 is 0 Å². The van der Waals surface area contributed by atoms with Crippen molar-refractivity contribution in [3.8, 4) is 0 Å². The first kappa shape index (κ1) is 43.1. The Kier molecular flexibility index (Phi) is 36.7. The van der Waals surface area contributed by atoms with Gasteiger partial charge in [-0.25, -0.2) is 0 Å². The van der Waals surface area contributed by atoms with E-state index in [9.17, 15) is 0 Å². The molecule has 43 heavy (non-hydrogen) atoms. The Morgan fingerprint density at radius 2 is 0.465 bits per heavy atom. The molecule has 0 aliphatic heterocycles. The Bertz CT molecular complexity index is 453. The third kappa shape index (κ3) is 31.9. The topological polar surface area (TPSA) is 18.5 Å². The molecule has 0 radical (unpaired) electrons. The van der Waals surface area contributed by atoms with Gasteiger partial charge in [-0.2, -0.15) is 0 Å². The van der Waals surface area contributed by atoms with Crippen LogP contribution in [-0.2, 0) is 8.85 Å². The van der Waals surface area contributed by atoms with E-state index in [0.29, 0.717) is 0 Å². The molecule has 0 rings (SSSR count). The number of unbranched alkanes of at least 4 members (excludes halogenated alkanes) is 28. The van der Waals surface area contributed by atoms with Gasteiger partial charge in [0.15, 0.2) is 0 Å². The predicted octanol–water partition coefficient (Wildman–Crippen LogP) is 15.0. The van der Waals surface area contributed by atoms with Gasteiger partial charge in [-0.3, -0.25) is 0 Å². The van der Waals surface area contributed by atoms with Crippen molar-refractivity contribution in [3.05, 3.63) is 0 Å². The molecule has 0 aromatic carbocycles. The van der Waals surface area contributed by atoms with Crippen LogP contribution in [0.2, 0.25) is 12.1 Å². The normalized spacial score (nSPS) is 12.0. The lowest BCUT2D eigenvalue weighted by molar-refractivity contribution is 0.161. The van der Waals surface area contributed by atoms with Gasteiger partial charge in [0.05, 0.1) is 0 Å². The second kappa shape index (κ2) is 36.6. The summed E-state index contributed by atoms with van der Waals surface area (Å²) in [6.07, 6.45) is 44.8. The fraction of sp³-hybridized carbons (Fsp3) is 1.00. The third-order valence-electron chi connectivity index (χ3n) is 9.55. The molecule has 0 heterocycles. The van der Waals surface area contributed by atoms with E-state index in [1.807, 2.05) is 0 Å². The van der Waals surface area contributed by atoms with Crippen molar-refractivity contribution in [3.63, 3.8) is 0 Å². The van der Waals surface area contributed by atoms with E-state index in [4.69, 9.17) is 8.85 Å². The van der Waals surface area contributed by atoms with Gasteiger partial charge in [0, 0.05) is 13.2 Å². The van der Waals surface area contributed by atoms with Crippen LogP contribution < -0.4 is 0 Å². The van der Waals surface area contributed by atoms with E-state index in [2.05, 4.69) is 27.7 Å². The molecule has 260 valence electrons. The third-order valence-corrected chi connectivity index (χ3v) is 13.2. The molecule has 0 aliphatic rings. The largest absolute Gasteiger partial charge is 0.394 e. The van der Waals surface area contributed by atoms with Crippen molar-refractivity contribution < 1.29 is 8.85 Å². The van der Waals surface area contributed by atoms with Gasteiger partial charge in [-0.05, 0) is 24.9 Å². The summed E-state index contributed by atoms with van der Waals surface area (Å²) in [4.78, 5) is 0. The summed E-state index contributed by atoms with van der Waals surface area (Å²) < 4.78 is 13.5. The van der Waals surface area contributed by atoms with Crippen molar-refractivity contribution in [2.75, 3.05) is 13.2 Å². The van der Waals surface area contributed by atoms with Crippen LogP contribution in [0.3, 0.4) is 0 Å². The van der Waals surface area contributed by atoms with Crippen molar-refractivity contribution in [2.24, 2.45) is 0 Å². The van der Waals surface area contributed by atoms with Crippen LogP contribution in [0.25, 0.3) is 0 Å². The first-order valence-electron chi connectivity index (χ1n) is 20.5. The Balaban J connectivity index is 4.17. The van der Waals surface area contributed by atoms with Crippen molar-refractivity contribution in [1.82, 2.24) is 0 Å². The summed E-state index contributed by atoms with van der Waals surface area (Å²) in [5.41, 5.74) is 0. The Morgan fingerprint density at radius 3 is 0.698 bits per heavy atom. The molecule has 2 nitrogen and oxygen atoms in total. The van der Waals surface area contributed by atoms with Gasteiger partial charge < -0.3 is 8.85 Å². The lowest BCUT2D eigenvalue weighted by Crippen LogP contribution is -2.42. The van der Waals surface area contributed by atoms with E-state index in [-0.39, 0.29) is 0 Å². The van der Waals surface area contributed by atoms with E-state index < -0.39 is 8.56 Å². The first-order chi connectivity index (χ1) is 21.2. The zero-order chi connectivity index (χ0) is 31.4. The smallest absolute Gasteiger partial charge is 0.338 e. The SMILES string of the molecule is CCCCCCCCCCCCCCCC[Si](CCCCCCCCCCCCCCCC)(OCCCC)OCCCC. The minimum Gasteiger partial charge on any atom is -0.394 e. The minimum atomic E-state index is -2.08. The minimum absolute atomic E-state index is 0.923. The second-order valence-corrected chi connectivity index (χ2v) is 17.4. The molecule has 0 saturated carbocycles. The molecule has 0 amide bonds. The maximum absolute atomic E-state index is 6.76. The summed E-state index contributed by atoms with van der Waals surface area (Å²) in [6.45, 7) is 11.0. The molecule has 0 spiro atoms. The van der Waals surface area contributed by atoms with E-state index in [0.717, 1.165) is 13.2 Å². The molecule has 0 aliphatic carbocycles. The summed E-state index contributed by atoms with van der Waals surface area (Å²) in [6, 6.07) is 2.47. The number of rotatable bonds is 38. The summed E-state index contributed by atoms with van der Waals surface area (Å²) in [5.74, 6) is 0. The highest BCUT2D eigenvalue weighted by atomic mass is 28.4. The first-order valence-corrected chi connectivity index (χ1v) is 22.8. The average Bonchev–Trinajstić information content (AvgIpc) is 3.01. The summed E-state index contributed by atoms with van der Waals surface area (Å²) in [5, 5.41) is 0. The molecular formula is C40H84O2Si. The molecule has 0 bridgehead atoms. The Morgan fingerprint density at radius 1 is 0.256 bits per heavy atom. The standard InChI is InChI=1S/C40H84O2Si/c1-5-9-13-15-17-19-21-23-25-27-29-31-33-35-39-43(41-37-11-7-3,42-38-12-8-4)40-36-34-32-30-28-26-24-22-20-18-16-14-10-6-2/h5-40H2,1-4H3. The lowest BCUT2D eigenvalue weighted by Gasteiger charge is -2.31. The van der Waals surface area contributed by atoms with Crippen LogP contribution in [0.5, 0.6) is 0 Å². The highest BCUT2D eigenvalue weighted by molar-refractivity contribution is 6.67. The maximum Gasteiger partial charge on any atom is 0.338 e. The quantitative estimate of drug-likeness (QED) is 0.0502. The van der Waals surface area contributed by atoms with Gasteiger partial charge in [0.2, 0.25) is 0 Å². The molecule has 0 N–H and O–H groups in total. The van der Waals surface area contributed by atoms with Crippen LogP contribution in [-0.4, -0.2) is 21.8 Å².